The van der Waals surface area contributed by atoms with Crippen LogP contribution in [0, 0.1) is 5.92 Å². The second-order valence-corrected chi connectivity index (χ2v) is 6.79. The molecule has 1 aromatic rings. The SMILES string of the molecule is CC(C)C(=O)NC(=S)Nc1ccc(C(=O)NC(C)(C)C)cc1. The van der Waals surface area contributed by atoms with Crippen LogP contribution in [0.15, 0.2) is 24.3 Å². The number of hydrogen-bond acceptors (Lipinski definition) is 3. The molecule has 22 heavy (non-hydrogen) atoms. The van der Waals surface area contributed by atoms with Crippen molar-refractivity contribution in [2.45, 2.75) is 40.2 Å². The molecule has 0 unspecified atom stereocenters. The molecule has 0 saturated carbocycles. The molecule has 0 aromatic heterocycles. The predicted octanol–water partition coefficient (Wildman–Crippen LogP) is 2.68. The fourth-order valence-corrected chi connectivity index (χ4v) is 1.75. The lowest BCUT2D eigenvalue weighted by molar-refractivity contribution is -0.122. The molecule has 3 N–H and O–H groups in total. The monoisotopic (exact) mass is 321 g/mol. The second-order valence-electron chi connectivity index (χ2n) is 6.38. The Hall–Kier alpha value is -1.95. The lowest BCUT2D eigenvalue weighted by Gasteiger charge is -2.20. The number of rotatable bonds is 3. The first kappa shape index (κ1) is 18.1. The van der Waals surface area contributed by atoms with Gasteiger partial charge in [0.05, 0.1) is 0 Å². The van der Waals surface area contributed by atoms with Gasteiger partial charge in [-0.25, -0.2) is 0 Å². The van der Waals surface area contributed by atoms with E-state index in [1.165, 1.54) is 0 Å². The molecule has 5 nitrogen and oxygen atoms in total. The van der Waals surface area contributed by atoms with E-state index < -0.39 is 0 Å². The Kier molecular flexibility index (Phi) is 6.05. The first-order valence-corrected chi connectivity index (χ1v) is 7.54. The summed E-state index contributed by atoms with van der Waals surface area (Å²) in [7, 11) is 0. The molecule has 1 aromatic carbocycles. The summed E-state index contributed by atoms with van der Waals surface area (Å²) in [4.78, 5) is 23.5. The van der Waals surface area contributed by atoms with Crippen LogP contribution in [0.5, 0.6) is 0 Å². The van der Waals surface area contributed by atoms with E-state index in [2.05, 4.69) is 16.0 Å². The Balaban J connectivity index is 2.64. The maximum atomic E-state index is 12.0. The van der Waals surface area contributed by atoms with E-state index in [1.807, 2.05) is 20.8 Å². The summed E-state index contributed by atoms with van der Waals surface area (Å²) >= 11 is 5.07. The molecule has 2 amide bonds. The van der Waals surface area contributed by atoms with Crippen LogP contribution < -0.4 is 16.0 Å². The lowest BCUT2D eigenvalue weighted by Crippen LogP contribution is -2.40. The molecule has 6 heteroatoms. The first-order chi connectivity index (χ1) is 10.1. The van der Waals surface area contributed by atoms with E-state index in [0.717, 1.165) is 0 Å². The molecular weight excluding hydrogens is 298 g/mol. The molecule has 1 rings (SSSR count). The molecule has 0 fully saturated rings. The van der Waals surface area contributed by atoms with E-state index in [-0.39, 0.29) is 28.4 Å². The first-order valence-electron chi connectivity index (χ1n) is 7.13. The average molecular weight is 321 g/mol. The molecular formula is C16H23N3O2S. The number of carbonyl (C=O) groups excluding carboxylic acids is 2. The van der Waals surface area contributed by atoms with Crippen molar-refractivity contribution in [3.05, 3.63) is 29.8 Å². The van der Waals surface area contributed by atoms with Gasteiger partial charge >= 0.3 is 0 Å². The Bertz CT molecular complexity index is 560. The maximum absolute atomic E-state index is 12.0. The summed E-state index contributed by atoms with van der Waals surface area (Å²) in [5.41, 5.74) is 0.996. The van der Waals surface area contributed by atoms with Crippen LogP contribution in [0.3, 0.4) is 0 Å². The van der Waals surface area contributed by atoms with E-state index >= 15 is 0 Å². The lowest BCUT2D eigenvalue weighted by atomic mass is 10.1. The van der Waals surface area contributed by atoms with Gasteiger partial charge < -0.3 is 16.0 Å². The highest BCUT2D eigenvalue weighted by atomic mass is 32.1. The largest absolute Gasteiger partial charge is 0.347 e. The van der Waals surface area contributed by atoms with Crippen molar-refractivity contribution >= 4 is 34.8 Å². The average Bonchev–Trinajstić information content (AvgIpc) is 2.37. The third-order valence-corrected chi connectivity index (χ3v) is 2.86. The molecule has 0 radical (unpaired) electrons. The Morgan fingerprint density at radius 3 is 2.09 bits per heavy atom. The zero-order chi connectivity index (χ0) is 16.9. The highest BCUT2D eigenvalue weighted by molar-refractivity contribution is 7.80. The minimum Gasteiger partial charge on any atom is -0.347 e. The summed E-state index contributed by atoms with van der Waals surface area (Å²) in [6, 6.07) is 6.89. The summed E-state index contributed by atoms with van der Waals surface area (Å²) in [6.07, 6.45) is 0. The second kappa shape index (κ2) is 7.35. The van der Waals surface area contributed by atoms with Gasteiger partial charge in [-0.2, -0.15) is 0 Å². The molecule has 0 atom stereocenters. The Morgan fingerprint density at radius 2 is 1.64 bits per heavy atom. The van der Waals surface area contributed by atoms with Crippen molar-refractivity contribution in [2.24, 2.45) is 5.92 Å². The molecule has 0 spiro atoms. The van der Waals surface area contributed by atoms with Crippen molar-refractivity contribution in [2.75, 3.05) is 5.32 Å². The molecule has 120 valence electrons. The fourth-order valence-electron chi connectivity index (χ4n) is 1.54. The van der Waals surface area contributed by atoms with Crippen LogP contribution in [0.4, 0.5) is 5.69 Å². The van der Waals surface area contributed by atoms with Gasteiger partial charge in [0.15, 0.2) is 5.11 Å². The van der Waals surface area contributed by atoms with Crippen LogP contribution >= 0.6 is 12.2 Å². The van der Waals surface area contributed by atoms with E-state index in [9.17, 15) is 9.59 Å². The normalized spacial score (nSPS) is 11.0. The van der Waals surface area contributed by atoms with Crippen molar-refractivity contribution in [3.63, 3.8) is 0 Å². The van der Waals surface area contributed by atoms with Crippen molar-refractivity contribution < 1.29 is 9.59 Å². The van der Waals surface area contributed by atoms with E-state index in [1.54, 1.807) is 38.1 Å². The zero-order valence-corrected chi connectivity index (χ0v) is 14.4. The van der Waals surface area contributed by atoms with Crippen LogP contribution in [-0.2, 0) is 4.79 Å². The van der Waals surface area contributed by atoms with Crippen LogP contribution in [0.25, 0.3) is 0 Å². The fraction of sp³-hybridized carbons (Fsp3) is 0.438. The summed E-state index contributed by atoms with van der Waals surface area (Å²) in [5.74, 6) is -0.406. The van der Waals surface area contributed by atoms with Crippen molar-refractivity contribution in [3.8, 4) is 0 Å². The van der Waals surface area contributed by atoms with Crippen LogP contribution in [0.2, 0.25) is 0 Å². The molecule has 0 aliphatic heterocycles. The third-order valence-electron chi connectivity index (χ3n) is 2.65. The van der Waals surface area contributed by atoms with Gasteiger partial charge in [0, 0.05) is 22.7 Å². The van der Waals surface area contributed by atoms with E-state index in [0.29, 0.717) is 11.3 Å². The number of anilines is 1. The number of amides is 2. The highest BCUT2D eigenvalue weighted by Crippen LogP contribution is 2.11. The molecule has 0 saturated heterocycles. The predicted molar refractivity (Wildman–Crippen MR) is 92.9 cm³/mol. The standard InChI is InChI=1S/C16H23N3O2S/c1-10(2)13(20)18-15(22)17-12-8-6-11(7-9-12)14(21)19-16(3,4)5/h6-10H,1-5H3,(H,19,21)(H2,17,18,20,22). The Morgan fingerprint density at radius 1 is 1.09 bits per heavy atom. The van der Waals surface area contributed by atoms with Gasteiger partial charge in [-0.05, 0) is 57.3 Å². The zero-order valence-electron chi connectivity index (χ0n) is 13.6. The van der Waals surface area contributed by atoms with E-state index in [4.69, 9.17) is 12.2 Å². The topological polar surface area (TPSA) is 70.2 Å². The number of thiocarbonyl (C=S) groups is 1. The van der Waals surface area contributed by atoms with Crippen molar-refractivity contribution in [1.29, 1.82) is 0 Å². The summed E-state index contributed by atoms with van der Waals surface area (Å²) in [5, 5.41) is 8.64. The van der Waals surface area contributed by atoms with Crippen LogP contribution in [0.1, 0.15) is 45.0 Å². The van der Waals surface area contributed by atoms with Gasteiger partial charge in [0.25, 0.3) is 5.91 Å². The Labute approximate surface area is 136 Å². The number of carbonyl (C=O) groups is 2. The van der Waals surface area contributed by atoms with Gasteiger partial charge in [0.2, 0.25) is 5.91 Å². The van der Waals surface area contributed by atoms with Gasteiger partial charge in [-0.15, -0.1) is 0 Å². The smallest absolute Gasteiger partial charge is 0.251 e. The molecule has 0 aliphatic rings. The summed E-state index contributed by atoms with van der Waals surface area (Å²) < 4.78 is 0. The minimum atomic E-state index is -0.281. The van der Waals surface area contributed by atoms with Gasteiger partial charge in [-0.3, -0.25) is 9.59 Å². The number of nitrogens with one attached hydrogen (secondary N) is 3. The molecule has 0 heterocycles. The van der Waals surface area contributed by atoms with Crippen molar-refractivity contribution in [1.82, 2.24) is 10.6 Å². The maximum Gasteiger partial charge on any atom is 0.251 e. The number of benzene rings is 1. The van der Waals surface area contributed by atoms with Crippen LogP contribution in [-0.4, -0.2) is 22.5 Å². The minimum absolute atomic E-state index is 0.130. The van der Waals surface area contributed by atoms with Gasteiger partial charge in [0.1, 0.15) is 0 Å². The summed E-state index contributed by atoms with van der Waals surface area (Å²) in [6.45, 7) is 9.37. The third kappa shape index (κ3) is 6.22. The van der Waals surface area contributed by atoms with Gasteiger partial charge in [-0.1, -0.05) is 13.8 Å². The highest BCUT2D eigenvalue weighted by Gasteiger charge is 2.15. The molecule has 0 bridgehead atoms. The number of hydrogen-bond donors (Lipinski definition) is 3. The molecule has 0 aliphatic carbocycles. The quantitative estimate of drug-likeness (QED) is 0.749.